The molecule has 2 N–H and O–H groups in total. The zero-order valence-corrected chi connectivity index (χ0v) is 9.35. The number of ether oxygens (including phenoxy) is 1. The van der Waals surface area contributed by atoms with E-state index in [2.05, 4.69) is 10.2 Å². The van der Waals surface area contributed by atoms with Crippen LogP contribution < -0.4 is 10.5 Å². The molecule has 0 unspecified atom stereocenters. The number of halogens is 1. The third-order valence-corrected chi connectivity index (χ3v) is 1.90. The van der Waals surface area contributed by atoms with E-state index in [1.54, 1.807) is 12.3 Å². The Balaban J connectivity index is 0.00000128. The number of nitrogens with two attached hydrogens (primary N) is 1. The van der Waals surface area contributed by atoms with Crippen molar-refractivity contribution in [3.05, 3.63) is 48.2 Å². The molecular weight excluding hydrogens is 226 g/mol. The Kier molecular flexibility index (Phi) is 4.54. The Bertz CT molecular complexity index is 436. The lowest BCUT2D eigenvalue weighted by Gasteiger charge is -2.05. The summed E-state index contributed by atoms with van der Waals surface area (Å²) >= 11 is 0. The molecule has 1 aromatic carbocycles. The molecule has 0 atom stereocenters. The molecule has 0 aliphatic carbocycles. The molecule has 0 fully saturated rings. The molecule has 0 saturated heterocycles. The fourth-order valence-corrected chi connectivity index (χ4v) is 1.18. The molecule has 0 aliphatic rings. The predicted octanol–water partition coefficient (Wildman–Crippen LogP) is 2.06. The molecular formula is C11H12ClN3O. The van der Waals surface area contributed by atoms with Crippen molar-refractivity contribution < 1.29 is 4.74 Å². The zero-order valence-electron chi connectivity index (χ0n) is 8.54. The van der Waals surface area contributed by atoms with Crippen LogP contribution in [0.2, 0.25) is 0 Å². The Morgan fingerprint density at radius 3 is 2.62 bits per heavy atom. The number of hydrogen-bond acceptors (Lipinski definition) is 4. The lowest BCUT2D eigenvalue weighted by atomic mass is 10.2. The van der Waals surface area contributed by atoms with Gasteiger partial charge >= 0.3 is 0 Å². The van der Waals surface area contributed by atoms with Gasteiger partial charge in [-0.25, -0.2) is 0 Å². The van der Waals surface area contributed by atoms with E-state index in [0.29, 0.717) is 18.2 Å². The van der Waals surface area contributed by atoms with Crippen LogP contribution in [0.5, 0.6) is 5.75 Å². The molecule has 5 heteroatoms. The van der Waals surface area contributed by atoms with Crippen LogP contribution in [-0.2, 0) is 6.61 Å². The molecule has 4 nitrogen and oxygen atoms in total. The number of nitrogen functional groups attached to an aromatic ring is 1. The summed E-state index contributed by atoms with van der Waals surface area (Å²) in [5.74, 6) is 0.993. The standard InChI is InChI=1S/C11H11N3O.ClH/c12-11-6-10(7-13-14-11)15-8-9-4-2-1-3-5-9;/h1-7H,8H2,(H2,12,14);1H. The van der Waals surface area contributed by atoms with E-state index in [0.717, 1.165) is 5.56 Å². The van der Waals surface area contributed by atoms with Crippen molar-refractivity contribution in [2.24, 2.45) is 0 Å². The lowest BCUT2D eigenvalue weighted by molar-refractivity contribution is 0.304. The van der Waals surface area contributed by atoms with Crippen molar-refractivity contribution in [3.8, 4) is 5.75 Å². The average molecular weight is 238 g/mol. The van der Waals surface area contributed by atoms with Gasteiger partial charge in [0.1, 0.15) is 18.2 Å². The number of nitrogens with zero attached hydrogens (tertiary/aromatic N) is 2. The highest BCUT2D eigenvalue weighted by Crippen LogP contribution is 2.12. The fourth-order valence-electron chi connectivity index (χ4n) is 1.18. The topological polar surface area (TPSA) is 61.0 Å². The maximum Gasteiger partial charge on any atom is 0.149 e. The molecule has 2 rings (SSSR count). The van der Waals surface area contributed by atoms with Gasteiger partial charge in [-0.05, 0) is 5.56 Å². The predicted molar refractivity (Wildman–Crippen MR) is 64.5 cm³/mol. The van der Waals surface area contributed by atoms with Crippen molar-refractivity contribution in [2.75, 3.05) is 5.73 Å². The van der Waals surface area contributed by atoms with E-state index in [-0.39, 0.29) is 12.4 Å². The number of rotatable bonds is 3. The summed E-state index contributed by atoms with van der Waals surface area (Å²) in [6.45, 7) is 0.506. The van der Waals surface area contributed by atoms with Crippen LogP contribution in [0.25, 0.3) is 0 Å². The number of aromatic nitrogens is 2. The molecule has 0 aliphatic heterocycles. The quantitative estimate of drug-likeness (QED) is 0.888. The van der Waals surface area contributed by atoms with Crippen LogP contribution >= 0.6 is 12.4 Å². The van der Waals surface area contributed by atoms with Crippen LogP contribution in [0.3, 0.4) is 0 Å². The summed E-state index contributed by atoms with van der Waals surface area (Å²) in [5, 5.41) is 7.34. The second kappa shape index (κ2) is 5.92. The van der Waals surface area contributed by atoms with Gasteiger partial charge in [0.15, 0.2) is 0 Å². The van der Waals surface area contributed by atoms with E-state index >= 15 is 0 Å². The third-order valence-electron chi connectivity index (χ3n) is 1.90. The van der Waals surface area contributed by atoms with Crippen molar-refractivity contribution in [3.63, 3.8) is 0 Å². The van der Waals surface area contributed by atoms with Crippen molar-refractivity contribution in [2.45, 2.75) is 6.61 Å². The van der Waals surface area contributed by atoms with Gasteiger partial charge in [-0.1, -0.05) is 30.3 Å². The van der Waals surface area contributed by atoms with E-state index in [1.165, 1.54) is 0 Å². The van der Waals surface area contributed by atoms with Gasteiger partial charge in [0.2, 0.25) is 0 Å². The summed E-state index contributed by atoms with van der Waals surface area (Å²) < 4.78 is 5.49. The first kappa shape index (κ1) is 12.3. The van der Waals surface area contributed by atoms with Crippen LogP contribution in [-0.4, -0.2) is 10.2 Å². The van der Waals surface area contributed by atoms with Gasteiger partial charge in [0.25, 0.3) is 0 Å². The third kappa shape index (κ3) is 3.40. The van der Waals surface area contributed by atoms with Crippen LogP contribution in [0.4, 0.5) is 5.82 Å². The molecule has 0 bridgehead atoms. The molecule has 1 heterocycles. The highest BCUT2D eigenvalue weighted by atomic mass is 35.5. The lowest BCUT2D eigenvalue weighted by Crippen LogP contribution is -1.98. The summed E-state index contributed by atoms with van der Waals surface area (Å²) in [6, 6.07) is 11.6. The molecule has 16 heavy (non-hydrogen) atoms. The molecule has 0 saturated carbocycles. The van der Waals surface area contributed by atoms with Crippen LogP contribution in [0.15, 0.2) is 42.6 Å². The molecule has 0 spiro atoms. The van der Waals surface area contributed by atoms with Crippen molar-refractivity contribution in [1.82, 2.24) is 10.2 Å². The second-order valence-electron chi connectivity index (χ2n) is 3.09. The highest BCUT2D eigenvalue weighted by molar-refractivity contribution is 5.85. The smallest absolute Gasteiger partial charge is 0.149 e. The minimum absolute atomic E-state index is 0. The Labute approximate surface area is 99.9 Å². The van der Waals surface area contributed by atoms with E-state index in [1.807, 2.05) is 30.3 Å². The SMILES string of the molecule is Cl.Nc1cc(OCc2ccccc2)cnn1. The van der Waals surface area contributed by atoms with E-state index < -0.39 is 0 Å². The summed E-state index contributed by atoms with van der Waals surface area (Å²) in [4.78, 5) is 0. The molecule has 0 amide bonds. The fraction of sp³-hybridized carbons (Fsp3) is 0.0909. The first-order chi connectivity index (χ1) is 7.34. The highest BCUT2D eigenvalue weighted by Gasteiger charge is 1.96. The average Bonchev–Trinajstić information content (AvgIpc) is 2.28. The van der Waals surface area contributed by atoms with Gasteiger partial charge in [0, 0.05) is 6.07 Å². The Hall–Kier alpha value is -1.81. The van der Waals surface area contributed by atoms with Gasteiger partial charge in [0.05, 0.1) is 6.20 Å². The second-order valence-corrected chi connectivity index (χ2v) is 3.09. The number of hydrogen-bond donors (Lipinski definition) is 1. The molecule has 2 aromatic rings. The van der Waals surface area contributed by atoms with E-state index in [9.17, 15) is 0 Å². The number of benzene rings is 1. The largest absolute Gasteiger partial charge is 0.487 e. The minimum atomic E-state index is 0. The van der Waals surface area contributed by atoms with E-state index in [4.69, 9.17) is 10.5 Å². The summed E-state index contributed by atoms with van der Waals surface area (Å²) in [6.07, 6.45) is 1.54. The van der Waals surface area contributed by atoms with Crippen LogP contribution in [0, 0.1) is 0 Å². The zero-order chi connectivity index (χ0) is 10.5. The van der Waals surface area contributed by atoms with Gasteiger partial charge in [-0.3, -0.25) is 0 Å². The molecule has 84 valence electrons. The monoisotopic (exact) mass is 237 g/mol. The Morgan fingerprint density at radius 2 is 1.94 bits per heavy atom. The molecule has 1 aromatic heterocycles. The minimum Gasteiger partial charge on any atom is -0.487 e. The molecule has 0 radical (unpaired) electrons. The van der Waals surface area contributed by atoms with Gasteiger partial charge < -0.3 is 10.5 Å². The first-order valence-electron chi connectivity index (χ1n) is 4.59. The first-order valence-corrected chi connectivity index (χ1v) is 4.59. The van der Waals surface area contributed by atoms with Crippen molar-refractivity contribution >= 4 is 18.2 Å². The number of anilines is 1. The maximum atomic E-state index is 5.49. The van der Waals surface area contributed by atoms with Crippen LogP contribution in [0.1, 0.15) is 5.56 Å². The summed E-state index contributed by atoms with van der Waals surface area (Å²) in [5.41, 5.74) is 6.58. The normalized spacial score (nSPS) is 9.25. The van der Waals surface area contributed by atoms with Gasteiger partial charge in [-0.15, -0.1) is 17.5 Å². The summed E-state index contributed by atoms with van der Waals surface area (Å²) in [7, 11) is 0. The Morgan fingerprint density at radius 1 is 1.19 bits per heavy atom. The van der Waals surface area contributed by atoms with Crippen molar-refractivity contribution in [1.29, 1.82) is 0 Å². The van der Waals surface area contributed by atoms with Gasteiger partial charge in [-0.2, -0.15) is 5.10 Å². The maximum absolute atomic E-state index is 5.49.